The monoisotopic (exact) mass is 384 g/mol. The molecule has 126 valence electrons. The molecule has 2 aromatic rings. The van der Waals surface area contributed by atoms with E-state index in [0.29, 0.717) is 12.1 Å². The lowest BCUT2D eigenvalue weighted by Gasteiger charge is -2.46. The first-order chi connectivity index (χ1) is 11.8. The highest BCUT2D eigenvalue weighted by molar-refractivity contribution is 9.10. The number of halogens is 1. The van der Waals surface area contributed by atoms with E-state index in [0.717, 1.165) is 16.8 Å². The lowest BCUT2D eigenvalue weighted by molar-refractivity contribution is 0.0669. The molecule has 2 atom stereocenters. The molecule has 0 aliphatic carbocycles. The molecular formula is C21H25BrN2. The predicted molar refractivity (Wildman–Crippen MR) is 103 cm³/mol. The van der Waals surface area contributed by atoms with Crippen LogP contribution in [-0.4, -0.2) is 30.6 Å². The van der Waals surface area contributed by atoms with E-state index in [-0.39, 0.29) is 0 Å². The molecule has 5 rings (SSSR count). The maximum absolute atomic E-state index is 4.01. The third-order valence-electron chi connectivity index (χ3n) is 5.63. The number of rotatable bonds is 5. The number of hydrogen-bond donors (Lipinski definition) is 1. The van der Waals surface area contributed by atoms with Crippen LogP contribution >= 0.6 is 15.9 Å². The Labute approximate surface area is 153 Å². The van der Waals surface area contributed by atoms with E-state index in [2.05, 4.69) is 80.7 Å². The van der Waals surface area contributed by atoms with Gasteiger partial charge in [-0.25, -0.2) is 0 Å². The zero-order valence-electron chi connectivity index (χ0n) is 14.0. The number of nitrogens with one attached hydrogen (secondary N) is 1. The molecule has 3 saturated heterocycles. The molecule has 2 bridgehead atoms. The van der Waals surface area contributed by atoms with Crippen molar-refractivity contribution in [2.45, 2.75) is 31.3 Å². The van der Waals surface area contributed by atoms with Crippen molar-refractivity contribution in [2.75, 3.05) is 19.6 Å². The van der Waals surface area contributed by atoms with Crippen LogP contribution in [0.1, 0.15) is 30.0 Å². The molecule has 0 amide bonds. The van der Waals surface area contributed by atoms with Crippen molar-refractivity contribution in [2.24, 2.45) is 5.92 Å². The van der Waals surface area contributed by atoms with Crippen LogP contribution in [0.25, 0.3) is 0 Å². The summed E-state index contributed by atoms with van der Waals surface area (Å²) in [5, 5.41) is 4.01. The molecule has 0 saturated carbocycles. The summed E-state index contributed by atoms with van der Waals surface area (Å²) in [4.78, 5) is 2.62. The number of benzene rings is 2. The molecular weight excluding hydrogens is 360 g/mol. The molecule has 0 aromatic heterocycles. The number of hydrogen-bond acceptors (Lipinski definition) is 2. The van der Waals surface area contributed by atoms with Crippen molar-refractivity contribution in [3.05, 3.63) is 70.2 Å². The van der Waals surface area contributed by atoms with Crippen LogP contribution in [0.15, 0.2) is 59.1 Å². The second-order valence-electron chi connectivity index (χ2n) is 7.21. The van der Waals surface area contributed by atoms with E-state index >= 15 is 0 Å². The van der Waals surface area contributed by atoms with E-state index in [1.165, 1.54) is 43.6 Å². The molecule has 0 spiro atoms. The van der Waals surface area contributed by atoms with Gasteiger partial charge in [-0.2, -0.15) is 0 Å². The minimum Gasteiger partial charge on any atom is -0.305 e. The molecule has 2 aromatic carbocycles. The van der Waals surface area contributed by atoms with Gasteiger partial charge in [-0.15, -0.1) is 0 Å². The van der Waals surface area contributed by atoms with Crippen LogP contribution in [0.5, 0.6) is 0 Å². The van der Waals surface area contributed by atoms with Crippen molar-refractivity contribution < 1.29 is 0 Å². The van der Waals surface area contributed by atoms with Crippen molar-refractivity contribution in [3.63, 3.8) is 0 Å². The second kappa shape index (κ2) is 7.38. The fraction of sp³-hybridized carbons (Fsp3) is 0.429. The Hall–Kier alpha value is -1.16. The van der Waals surface area contributed by atoms with Gasteiger partial charge in [0, 0.05) is 23.1 Å². The van der Waals surface area contributed by atoms with E-state index in [1.54, 1.807) is 0 Å². The summed E-state index contributed by atoms with van der Waals surface area (Å²) in [7, 11) is 0. The van der Waals surface area contributed by atoms with Crippen LogP contribution in [0, 0.1) is 5.92 Å². The highest BCUT2D eigenvalue weighted by Crippen LogP contribution is 2.30. The zero-order valence-corrected chi connectivity index (χ0v) is 15.6. The maximum Gasteiger partial charge on any atom is 0.0363 e. The highest BCUT2D eigenvalue weighted by atomic mass is 79.9. The first-order valence-electron chi connectivity index (χ1n) is 9.06. The van der Waals surface area contributed by atoms with Crippen LogP contribution in [0.4, 0.5) is 0 Å². The fourth-order valence-electron chi connectivity index (χ4n) is 4.23. The smallest absolute Gasteiger partial charge is 0.0363 e. The molecule has 3 heteroatoms. The van der Waals surface area contributed by atoms with Crippen molar-refractivity contribution in [3.8, 4) is 0 Å². The standard InChI is InChI=1S/C21H25BrN2/c22-19-8-6-17(7-9-19)20(14-16-4-2-1-3-5-16)23-21-15-24-12-10-18(21)11-13-24/h1-9,18,20-21,23H,10-15H2/t20-,21-/m1/s1. The average molecular weight is 385 g/mol. The van der Waals surface area contributed by atoms with Gasteiger partial charge in [0.25, 0.3) is 0 Å². The van der Waals surface area contributed by atoms with Crippen molar-refractivity contribution >= 4 is 15.9 Å². The lowest BCUT2D eigenvalue weighted by Crippen LogP contribution is -2.56. The SMILES string of the molecule is Brc1ccc([C@@H](Cc2ccccc2)N[C@@H]2CN3CCC2CC3)cc1. The summed E-state index contributed by atoms with van der Waals surface area (Å²) in [6.07, 6.45) is 3.76. The molecule has 24 heavy (non-hydrogen) atoms. The largest absolute Gasteiger partial charge is 0.305 e. The van der Waals surface area contributed by atoms with Gasteiger partial charge in [0.1, 0.15) is 0 Å². The van der Waals surface area contributed by atoms with Gasteiger partial charge in [0.2, 0.25) is 0 Å². The number of fused-ring (bicyclic) bond motifs is 3. The van der Waals surface area contributed by atoms with E-state index < -0.39 is 0 Å². The number of nitrogens with zero attached hydrogens (tertiary/aromatic N) is 1. The third-order valence-corrected chi connectivity index (χ3v) is 6.16. The fourth-order valence-corrected chi connectivity index (χ4v) is 4.49. The maximum atomic E-state index is 4.01. The van der Waals surface area contributed by atoms with Gasteiger partial charge >= 0.3 is 0 Å². The van der Waals surface area contributed by atoms with Gasteiger partial charge in [-0.1, -0.05) is 58.4 Å². The first-order valence-corrected chi connectivity index (χ1v) is 9.85. The van der Waals surface area contributed by atoms with Gasteiger partial charge in [0.05, 0.1) is 0 Å². The summed E-state index contributed by atoms with van der Waals surface area (Å²) in [5.74, 6) is 0.851. The second-order valence-corrected chi connectivity index (χ2v) is 8.12. The molecule has 3 heterocycles. The lowest BCUT2D eigenvalue weighted by atomic mass is 9.83. The predicted octanol–water partition coefficient (Wildman–Crippen LogP) is 4.42. The Balaban J connectivity index is 1.54. The minimum atomic E-state index is 0.381. The molecule has 2 nitrogen and oxygen atoms in total. The van der Waals surface area contributed by atoms with E-state index in [9.17, 15) is 0 Å². The number of piperidine rings is 3. The van der Waals surface area contributed by atoms with E-state index in [1.807, 2.05) is 0 Å². The zero-order chi connectivity index (χ0) is 16.4. The van der Waals surface area contributed by atoms with E-state index in [4.69, 9.17) is 0 Å². The molecule has 1 N–H and O–H groups in total. The Morgan fingerprint density at radius 1 is 1.00 bits per heavy atom. The Bertz CT molecular complexity index is 647. The Morgan fingerprint density at radius 2 is 1.71 bits per heavy atom. The van der Waals surface area contributed by atoms with Gasteiger partial charge in [0.15, 0.2) is 0 Å². The minimum absolute atomic E-state index is 0.381. The molecule has 0 radical (unpaired) electrons. The van der Waals surface area contributed by atoms with Crippen LogP contribution < -0.4 is 5.32 Å². The van der Waals surface area contributed by atoms with Gasteiger partial charge in [-0.3, -0.25) is 0 Å². The topological polar surface area (TPSA) is 15.3 Å². The molecule has 0 unspecified atom stereocenters. The average Bonchev–Trinajstić information content (AvgIpc) is 2.64. The van der Waals surface area contributed by atoms with Crippen LogP contribution in [0.3, 0.4) is 0 Å². The normalized spacial score (nSPS) is 27.1. The first kappa shape index (κ1) is 16.3. The third kappa shape index (κ3) is 3.74. The molecule has 3 aliphatic heterocycles. The van der Waals surface area contributed by atoms with Crippen molar-refractivity contribution in [1.82, 2.24) is 10.2 Å². The summed E-state index contributed by atoms with van der Waals surface area (Å²) >= 11 is 3.56. The molecule has 3 aliphatic rings. The Morgan fingerprint density at radius 3 is 2.33 bits per heavy atom. The summed E-state index contributed by atoms with van der Waals surface area (Å²) in [6.45, 7) is 3.81. The summed E-state index contributed by atoms with van der Waals surface area (Å²) in [6, 6.07) is 20.7. The van der Waals surface area contributed by atoms with Gasteiger partial charge in [-0.05, 0) is 61.5 Å². The summed E-state index contributed by atoms with van der Waals surface area (Å²) in [5.41, 5.74) is 2.79. The van der Waals surface area contributed by atoms with Crippen LogP contribution in [0.2, 0.25) is 0 Å². The Kier molecular flexibility index (Phi) is 5.02. The summed E-state index contributed by atoms with van der Waals surface area (Å²) < 4.78 is 1.15. The highest BCUT2D eigenvalue weighted by Gasteiger charge is 2.35. The van der Waals surface area contributed by atoms with Gasteiger partial charge < -0.3 is 10.2 Å². The quantitative estimate of drug-likeness (QED) is 0.820. The van der Waals surface area contributed by atoms with Crippen molar-refractivity contribution in [1.29, 1.82) is 0 Å². The molecule has 3 fully saturated rings. The van der Waals surface area contributed by atoms with Crippen LogP contribution in [-0.2, 0) is 6.42 Å².